The predicted octanol–water partition coefficient (Wildman–Crippen LogP) is 5.39. The first-order valence-electron chi connectivity index (χ1n) is 12.8. The fourth-order valence-corrected chi connectivity index (χ4v) is 5.75. The van der Waals surface area contributed by atoms with Crippen molar-refractivity contribution in [1.82, 2.24) is 29.9 Å². The van der Waals surface area contributed by atoms with Gasteiger partial charge in [-0.3, -0.25) is 4.68 Å². The van der Waals surface area contributed by atoms with Gasteiger partial charge >= 0.3 is 0 Å². The highest BCUT2D eigenvalue weighted by molar-refractivity contribution is 6.09. The van der Waals surface area contributed by atoms with Crippen LogP contribution in [-0.2, 0) is 30.6 Å². The third-order valence-corrected chi connectivity index (χ3v) is 7.33. The van der Waals surface area contributed by atoms with Crippen LogP contribution in [0.1, 0.15) is 66.2 Å². The zero-order chi connectivity index (χ0) is 25.8. The van der Waals surface area contributed by atoms with E-state index in [1.807, 2.05) is 13.8 Å². The van der Waals surface area contributed by atoms with Crippen LogP contribution in [0.25, 0.3) is 33.1 Å². The van der Waals surface area contributed by atoms with E-state index in [0.29, 0.717) is 18.9 Å². The quantitative estimate of drug-likeness (QED) is 0.319. The maximum atomic E-state index is 5.87. The van der Waals surface area contributed by atoms with Crippen LogP contribution < -0.4 is 4.74 Å². The second kappa shape index (κ2) is 8.99. The Hall–Kier alpha value is -3.72. The normalized spacial score (nSPS) is 13.4. The van der Waals surface area contributed by atoms with Crippen molar-refractivity contribution in [3.63, 3.8) is 0 Å². The topological polar surface area (TPSA) is 104 Å². The fraction of sp³-hybridized carbons (Fsp3) is 0.429. The first kappa shape index (κ1) is 23.7. The monoisotopic (exact) mass is 500 g/mol. The number of rotatable bonds is 7. The molecule has 0 saturated carbocycles. The summed E-state index contributed by atoms with van der Waals surface area (Å²) in [6.45, 7) is 8.57. The number of hydrogen-bond donors (Lipinski definition) is 1. The summed E-state index contributed by atoms with van der Waals surface area (Å²) in [7, 11) is 3.36. The zero-order valence-corrected chi connectivity index (χ0v) is 22.2. The minimum atomic E-state index is 0.275. The van der Waals surface area contributed by atoms with Crippen molar-refractivity contribution in [3.8, 4) is 16.9 Å². The molecule has 192 valence electrons. The molecule has 4 heterocycles. The van der Waals surface area contributed by atoms with Gasteiger partial charge in [-0.05, 0) is 64.7 Å². The Morgan fingerprint density at radius 3 is 2.68 bits per heavy atom. The lowest BCUT2D eigenvalue weighted by Gasteiger charge is -2.14. The van der Waals surface area contributed by atoms with Crippen molar-refractivity contribution < 1.29 is 14.0 Å². The van der Waals surface area contributed by atoms with Gasteiger partial charge in [-0.2, -0.15) is 5.10 Å². The highest BCUT2D eigenvalue weighted by Gasteiger charge is 2.26. The highest BCUT2D eigenvalue weighted by Crippen LogP contribution is 2.40. The number of nitrogens with one attached hydrogen (secondary N) is 1. The van der Waals surface area contributed by atoms with Gasteiger partial charge in [0.15, 0.2) is 5.82 Å². The molecular weight excluding hydrogens is 468 g/mol. The second-order valence-corrected chi connectivity index (χ2v) is 10.1. The van der Waals surface area contributed by atoms with E-state index >= 15 is 0 Å². The molecule has 5 aromatic rings. The van der Waals surface area contributed by atoms with E-state index in [-0.39, 0.29) is 6.04 Å². The standard InChI is InChI=1S/C28H32N6O3/c1-14(2)34-23(17-8-7-9-20(17)32-34)12-22-27-18-11-24(36-6)19(26-15(3)33-37-16(26)4)10-21(18)30-28(27)31-25(29-22)13-35-5/h10-11,14H,7-9,12-13H2,1-6H3,(H,29,30,31). The molecule has 0 unspecified atom stereocenters. The summed E-state index contributed by atoms with van der Waals surface area (Å²) >= 11 is 0. The molecule has 1 aromatic carbocycles. The van der Waals surface area contributed by atoms with Crippen LogP contribution in [0.15, 0.2) is 16.7 Å². The first-order valence-corrected chi connectivity index (χ1v) is 12.8. The molecule has 0 fully saturated rings. The summed E-state index contributed by atoms with van der Waals surface area (Å²) in [6, 6.07) is 4.44. The number of fused-ring (bicyclic) bond motifs is 4. The third-order valence-electron chi connectivity index (χ3n) is 7.33. The van der Waals surface area contributed by atoms with Crippen LogP contribution in [0.3, 0.4) is 0 Å². The van der Waals surface area contributed by atoms with Crippen LogP contribution in [0.4, 0.5) is 0 Å². The van der Waals surface area contributed by atoms with E-state index < -0.39 is 0 Å². The molecule has 9 heteroatoms. The minimum absolute atomic E-state index is 0.275. The average Bonchev–Trinajstić information content (AvgIpc) is 3.62. The summed E-state index contributed by atoms with van der Waals surface area (Å²) in [4.78, 5) is 13.4. The minimum Gasteiger partial charge on any atom is -0.496 e. The molecule has 1 aliphatic carbocycles. The summed E-state index contributed by atoms with van der Waals surface area (Å²) in [6.07, 6.45) is 3.95. The van der Waals surface area contributed by atoms with Crippen molar-refractivity contribution in [3.05, 3.63) is 52.1 Å². The van der Waals surface area contributed by atoms with Gasteiger partial charge in [-0.25, -0.2) is 9.97 Å². The van der Waals surface area contributed by atoms with Crippen LogP contribution in [0, 0.1) is 13.8 Å². The van der Waals surface area contributed by atoms with E-state index in [1.54, 1.807) is 14.2 Å². The maximum Gasteiger partial charge on any atom is 0.156 e. The Bertz CT molecular complexity index is 1620. The molecule has 1 N–H and O–H groups in total. The van der Waals surface area contributed by atoms with Gasteiger partial charge in [0.05, 0.1) is 29.8 Å². The predicted molar refractivity (Wildman–Crippen MR) is 141 cm³/mol. The maximum absolute atomic E-state index is 5.87. The van der Waals surface area contributed by atoms with Crippen molar-refractivity contribution in [1.29, 1.82) is 0 Å². The van der Waals surface area contributed by atoms with Crippen LogP contribution in [0.2, 0.25) is 0 Å². The van der Waals surface area contributed by atoms with Crippen LogP contribution in [0.5, 0.6) is 5.75 Å². The van der Waals surface area contributed by atoms with Crippen molar-refractivity contribution in [2.75, 3.05) is 14.2 Å². The van der Waals surface area contributed by atoms with Gasteiger partial charge in [0.1, 0.15) is 23.8 Å². The van der Waals surface area contributed by atoms with E-state index in [0.717, 1.165) is 75.2 Å². The number of H-pyrrole nitrogens is 1. The van der Waals surface area contributed by atoms with Crippen molar-refractivity contribution >= 4 is 21.9 Å². The zero-order valence-electron chi connectivity index (χ0n) is 22.2. The lowest BCUT2D eigenvalue weighted by molar-refractivity contribution is 0.178. The Morgan fingerprint density at radius 2 is 1.97 bits per heavy atom. The van der Waals surface area contributed by atoms with Crippen LogP contribution >= 0.6 is 0 Å². The number of hydrogen-bond acceptors (Lipinski definition) is 7. The van der Waals surface area contributed by atoms with Gasteiger partial charge in [0.25, 0.3) is 0 Å². The lowest BCUT2D eigenvalue weighted by Crippen LogP contribution is -2.11. The molecule has 37 heavy (non-hydrogen) atoms. The van der Waals surface area contributed by atoms with Gasteiger partial charge < -0.3 is 19.0 Å². The number of nitrogens with zero attached hydrogens (tertiary/aromatic N) is 5. The molecule has 9 nitrogen and oxygen atoms in total. The summed E-state index contributed by atoms with van der Waals surface area (Å²) in [5.74, 6) is 2.16. The Morgan fingerprint density at radius 1 is 1.14 bits per heavy atom. The van der Waals surface area contributed by atoms with Gasteiger partial charge in [-0.1, -0.05) is 5.16 Å². The molecule has 0 amide bonds. The largest absolute Gasteiger partial charge is 0.496 e. The van der Waals surface area contributed by atoms with E-state index in [2.05, 4.69) is 40.8 Å². The SMILES string of the molecule is COCc1nc(Cc2c3c(nn2C(C)C)CCC3)c2c(n1)[nH]c1cc(-c3c(C)noc3C)c(OC)cc12. The summed E-state index contributed by atoms with van der Waals surface area (Å²) < 4.78 is 18.9. The van der Waals surface area contributed by atoms with Gasteiger partial charge in [-0.15, -0.1) is 0 Å². The number of aromatic amines is 1. The summed E-state index contributed by atoms with van der Waals surface area (Å²) in [5.41, 5.74) is 9.27. The highest BCUT2D eigenvalue weighted by atomic mass is 16.5. The molecule has 0 spiro atoms. The molecule has 0 saturated heterocycles. The summed E-state index contributed by atoms with van der Waals surface area (Å²) in [5, 5.41) is 11.1. The van der Waals surface area contributed by atoms with E-state index in [9.17, 15) is 0 Å². The second-order valence-electron chi connectivity index (χ2n) is 10.1. The Labute approximate surface area is 215 Å². The smallest absolute Gasteiger partial charge is 0.156 e. The molecule has 4 aromatic heterocycles. The lowest BCUT2D eigenvalue weighted by atomic mass is 10.00. The Balaban J connectivity index is 1.59. The molecule has 6 rings (SSSR count). The number of ether oxygens (including phenoxy) is 2. The number of aromatic nitrogens is 6. The average molecular weight is 501 g/mol. The number of aryl methyl sites for hydroxylation is 3. The fourth-order valence-electron chi connectivity index (χ4n) is 5.75. The van der Waals surface area contributed by atoms with Gasteiger partial charge in [0.2, 0.25) is 0 Å². The third kappa shape index (κ3) is 3.80. The molecular formula is C28H32N6O3. The number of methoxy groups -OCH3 is 2. The number of benzene rings is 1. The van der Waals surface area contributed by atoms with Crippen molar-refractivity contribution in [2.45, 2.75) is 66.0 Å². The molecule has 0 aliphatic heterocycles. The van der Waals surface area contributed by atoms with Crippen LogP contribution in [-0.4, -0.2) is 44.1 Å². The Kier molecular flexibility index (Phi) is 5.75. The molecule has 0 atom stereocenters. The van der Waals surface area contributed by atoms with Gasteiger partial charge in [0, 0.05) is 47.1 Å². The van der Waals surface area contributed by atoms with E-state index in [4.69, 9.17) is 29.1 Å². The van der Waals surface area contributed by atoms with E-state index in [1.165, 1.54) is 17.0 Å². The molecule has 1 aliphatic rings. The molecule has 0 radical (unpaired) electrons. The molecule has 0 bridgehead atoms. The first-order chi connectivity index (χ1) is 17.9. The van der Waals surface area contributed by atoms with Crippen molar-refractivity contribution in [2.24, 2.45) is 0 Å².